The van der Waals surface area contributed by atoms with Crippen molar-refractivity contribution in [1.82, 2.24) is 9.62 Å². The lowest BCUT2D eigenvalue weighted by atomic mass is 10.2. The van der Waals surface area contributed by atoms with Crippen LogP contribution in [0.4, 0.5) is 0 Å². The summed E-state index contributed by atoms with van der Waals surface area (Å²) in [5, 5.41) is 3.22. The molecule has 7 heteroatoms. The second-order valence-electron chi connectivity index (χ2n) is 4.28. The molecule has 1 N–H and O–H groups in total. The standard InChI is InChI=1S/C13H21ClN2O3S/c1-4-16(7-8-19-3)20(17,18)13-9-11(10-15-2)5-6-12(13)14/h5-6,9,15H,4,7-8,10H2,1-3H3. The number of sulfonamides is 1. The van der Waals surface area contributed by atoms with Crippen molar-refractivity contribution in [3.8, 4) is 0 Å². The molecule has 0 aliphatic rings. The Labute approximate surface area is 125 Å². The van der Waals surface area contributed by atoms with Gasteiger partial charge in [-0.15, -0.1) is 0 Å². The van der Waals surface area contributed by atoms with Gasteiger partial charge < -0.3 is 10.1 Å². The first-order valence-electron chi connectivity index (χ1n) is 6.39. The number of benzene rings is 1. The van der Waals surface area contributed by atoms with Gasteiger partial charge in [0.1, 0.15) is 4.90 Å². The Hall–Kier alpha value is -0.660. The van der Waals surface area contributed by atoms with E-state index in [1.54, 1.807) is 33.2 Å². The predicted octanol–water partition coefficient (Wildman–Crippen LogP) is 1.72. The van der Waals surface area contributed by atoms with E-state index in [4.69, 9.17) is 16.3 Å². The van der Waals surface area contributed by atoms with E-state index in [1.807, 2.05) is 6.07 Å². The Kier molecular flexibility index (Phi) is 6.91. The number of ether oxygens (including phenoxy) is 1. The number of nitrogens with one attached hydrogen (secondary N) is 1. The van der Waals surface area contributed by atoms with Crippen LogP contribution in [-0.2, 0) is 21.3 Å². The molecule has 5 nitrogen and oxygen atoms in total. The highest BCUT2D eigenvalue weighted by Gasteiger charge is 2.25. The van der Waals surface area contributed by atoms with Crippen LogP contribution in [0.25, 0.3) is 0 Å². The predicted molar refractivity (Wildman–Crippen MR) is 80.5 cm³/mol. The Morgan fingerprint density at radius 3 is 2.65 bits per heavy atom. The number of rotatable bonds is 8. The van der Waals surface area contributed by atoms with Gasteiger partial charge in [-0.3, -0.25) is 0 Å². The maximum Gasteiger partial charge on any atom is 0.244 e. The molecule has 0 saturated heterocycles. The fraction of sp³-hybridized carbons (Fsp3) is 0.538. The second-order valence-corrected chi connectivity index (χ2v) is 6.60. The molecule has 1 aromatic rings. The van der Waals surface area contributed by atoms with Crippen molar-refractivity contribution in [1.29, 1.82) is 0 Å². The molecule has 0 fully saturated rings. The van der Waals surface area contributed by atoms with Gasteiger partial charge in [-0.2, -0.15) is 4.31 Å². The Morgan fingerprint density at radius 1 is 1.40 bits per heavy atom. The van der Waals surface area contributed by atoms with E-state index in [-0.39, 0.29) is 9.92 Å². The van der Waals surface area contributed by atoms with Crippen LogP contribution in [0.15, 0.2) is 23.1 Å². The Bertz CT molecular complexity index is 534. The largest absolute Gasteiger partial charge is 0.383 e. The average molecular weight is 321 g/mol. The molecule has 0 aliphatic heterocycles. The molecule has 1 aromatic carbocycles. The van der Waals surface area contributed by atoms with Crippen LogP contribution >= 0.6 is 11.6 Å². The number of methoxy groups -OCH3 is 1. The molecule has 20 heavy (non-hydrogen) atoms. The van der Waals surface area contributed by atoms with Crippen molar-refractivity contribution in [2.75, 3.05) is 33.9 Å². The molecular formula is C13H21ClN2O3S. The fourth-order valence-electron chi connectivity index (χ4n) is 1.84. The van der Waals surface area contributed by atoms with Gasteiger partial charge in [-0.25, -0.2) is 8.42 Å². The van der Waals surface area contributed by atoms with Crippen LogP contribution in [0.5, 0.6) is 0 Å². The number of hydrogen-bond acceptors (Lipinski definition) is 4. The summed E-state index contributed by atoms with van der Waals surface area (Å²) in [6, 6.07) is 5.04. The third-order valence-corrected chi connectivity index (χ3v) is 5.35. The first-order valence-corrected chi connectivity index (χ1v) is 8.21. The maximum absolute atomic E-state index is 12.6. The van der Waals surface area contributed by atoms with E-state index in [0.29, 0.717) is 26.2 Å². The smallest absolute Gasteiger partial charge is 0.244 e. The van der Waals surface area contributed by atoms with E-state index in [1.165, 1.54) is 4.31 Å². The topological polar surface area (TPSA) is 58.6 Å². The van der Waals surface area contributed by atoms with Crippen molar-refractivity contribution in [3.05, 3.63) is 28.8 Å². The van der Waals surface area contributed by atoms with Crippen molar-refractivity contribution in [3.63, 3.8) is 0 Å². The Balaban J connectivity index is 3.15. The van der Waals surface area contributed by atoms with Crippen LogP contribution in [-0.4, -0.2) is 46.6 Å². The highest BCUT2D eigenvalue weighted by Crippen LogP contribution is 2.25. The minimum absolute atomic E-state index is 0.143. The van der Waals surface area contributed by atoms with Crippen molar-refractivity contribution in [2.45, 2.75) is 18.4 Å². The summed E-state index contributed by atoms with van der Waals surface area (Å²) in [6.07, 6.45) is 0. The summed E-state index contributed by atoms with van der Waals surface area (Å²) < 4.78 is 31.5. The summed E-state index contributed by atoms with van der Waals surface area (Å²) >= 11 is 6.06. The van der Waals surface area contributed by atoms with Gasteiger partial charge in [0.2, 0.25) is 10.0 Å². The minimum atomic E-state index is -3.60. The van der Waals surface area contributed by atoms with Gasteiger partial charge in [0.15, 0.2) is 0 Å². The minimum Gasteiger partial charge on any atom is -0.383 e. The van der Waals surface area contributed by atoms with E-state index in [0.717, 1.165) is 5.56 Å². The van der Waals surface area contributed by atoms with Crippen LogP contribution < -0.4 is 5.32 Å². The van der Waals surface area contributed by atoms with Crippen molar-refractivity contribution < 1.29 is 13.2 Å². The first kappa shape index (κ1) is 17.4. The van der Waals surface area contributed by atoms with Gasteiger partial charge in [0.25, 0.3) is 0 Å². The molecule has 0 unspecified atom stereocenters. The summed E-state index contributed by atoms with van der Waals surface area (Å²) in [4.78, 5) is 0.143. The van der Waals surface area contributed by atoms with E-state index in [2.05, 4.69) is 5.32 Å². The van der Waals surface area contributed by atoms with Crippen LogP contribution in [0, 0.1) is 0 Å². The molecule has 0 amide bonds. The maximum atomic E-state index is 12.6. The summed E-state index contributed by atoms with van der Waals surface area (Å²) in [5.41, 5.74) is 0.873. The summed E-state index contributed by atoms with van der Waals surface area (Å²) in [5.74, 6) is 0. The van der Waals surface area contributed by atoms with Crippen LogP contribution in [0.3, 0.4) is 0 Å². The van der Waals surface area contributed by atoms with Gasteiger partial charge >= 0.3 is 0 Å². The van der Waals surface area contributed by atoms with Crippen molar-refractivity contribution in [2.24, 2.45) is 0 Å². The zero-order valence-electron chi connectivity index (χ0n) is 12.0. The molecule has 0 atom stereocenters. The lowest BCUT2D eigenvalue weighted by molar-refractivity contribution is 0.180. The molecule has 0 aromatic heterocycles. The number of nitrogens with zero attached hydrogens (tertiary/aromatic N) is 1. The molecule has 0 spiro atoms. The third-order valence-electron chi connectivity index (χ3n) is 2.89. The van der Waals surface area contributed by atoms with E-state index < -0.39 is 10.0 Å². The Morgan fingerprint density at radius 2 is 2.10 bits per heavy atom. The molecule has 1 rings (SSSR count). The lowest BCUT2D eigenvalue weighted by Gasteiger charge is -2.21. The molecule has 0 saturated carbocycles. The first-order chi connectivity index (χ1) is 9.47. The van der Waals surface area contributed by atoms with Gasteiger partial charge in [0.05, 0.1) is 11.6 Å². The quantitative estimate of drug-likeness (QED) is 0.792. The zero-order valence-corrected chi connectivity index (χ0v) is 13.6. The monoisotopic (exact) mass is 320 g/mol. The summed E-state index contributed by atoms with van der Waals surface area (Å²) in [7, 11) is -0.253. The average Bonchev–Trinajstić information content (AvgIpc) is 2.41. The van der Waals surface area contributed by atoms with E-state index >= 15 is 0 Å². The molecule has 0 bridgehead atoms. The number of likely N-dealkylation sites (N-methyl/N-ethyl adjacent to an activating group) is 1. The zero-order chi connectivity index (χ0) is 15.2. The molecule has 0 radical (unpaired) electrons. The van der Waals surface area contributed by atoms with Gasteiger partial charge in [0, 0.05) is 26.7 Å². The molecule has 114 valence electrons. The highest BCUT2D eigenvalue weighted by molar-refractivity contribution is 7.89. The second kappa shape index (κ2) is 7.95. The van der Waals surface area contributed by atoms with Gasteiger partial charge in [-0.1, -0.05) is 24.6 Å². The number of hydrogen-bond donors (Lipinski definition) is 1. The molecule has 0 heterocycles. The third kappa shape index (κ3) is 4.17. The molecular weight excluding hydrogens is 300 g/mol. The summed E-state index contributed by atoms with van der Waals surface area (Å²) in [6.45, 7) is 3.41. The lowest BCUT2D eigenvalue weighted by Crippen LogP contribution is -2.34. The highest BCUT2D eigenvalue weighted by atomic mass is 35.5. The van der Waals surface area contributed by atoms with Crippen LogP contribution in [0.2, 0.25) is 5.02 Å². The van der Waals surface area contributed by atoms with E-state index in [9.17, 15) is 8.42 Å². The number of halogens is 1. The molecule has 0 aliphatic carbocycles. The fourth-order valence-corrected chi connectivity index (χ4v) is 3.80. The van der Waals surface area contributed by atoms with Gasteiger partial charge in [-0.05, 0) is 24.7 Å². The SMILES string of the molecule is CCN(CCOC)S(=O)(=O)c1cc(CNC)ccc1Cl. The van der Waals surface area contributed by atoms with Crippen LogP contribution in [0.1, 0.15) is 12.5 Å². The van der Waals surface area contributed by atoms with Crippen molar-refractivity contribution >= 4 is 21.6 Å². The normalized spacial score (nSPS) is 12.1.